The number of sulfonamides is 1. The zero-order valence-corrected chi connectivity index (χ0v) is 31.0. The number of furan rings is 1. The fourth-order valence-electron chi connectivity index (χ4n) is 5.60. The quantitative estimate of drug-likeness (QED) is 0.165. The van der Waals surface area contributed by atoms with E-state index >= 15 is 0 Å². The van der Waals surface area contributed by atoms with Gasteiger partial charge in [0.1, 0.15) is 34.2 Å². The minimum Gasteiger partial charge on any atom is -0.470 e. The van der Waals surface area contributed by atoms with Crippen LogP contribution in [0.5, 0.6) is 5.75 Å². The van der Waals surface area contributed by atoms with E-state index in [2.05, 4.69) is 0 Å². The van der Waals surface area contributed by atoms with Crippen molar-refractivity contribution in [3.05, 3.63) is 89.7 Å². The fraction of sp³-hybridized carbons (Fsp3) is 0.282. The lowest BCUT2D eigenvalue weighted by Gasteiger charge is -2.23. The minimum absolute atomic E-state index is 0.184. The number of pyridine rings is 1. The van der Waals surface area contributed by atoms with Crippen LogP contribution in [-0.4, -0.2) is 44.4 Å². The SMILES string of the molecule is CC.CC.CC.COC(=O)c1c(-c2ccc(C)cc2)oc2cc(N(C)S(C)(=O)=O)c(-c3ccc4c(n3)-c3cc5c(F)cccc5n3CO4)cc12. The first-order chi connectivity index (χ1) is 24.0. The van der Waals surface area contributed by atoms with Gasteiger partial charge in [0.15, 0.2) is 6.73 Å². The molecule has 9 nitrogen and oxygen atoms in total. The van der Waals surface area contributed by atoms with Gasteiger partial charge in [0.05, 0.1) is 36.0 Å². The van der Waals surface area contributed by atoms with Crippen molar-refractivity contribution in [3.8, 4) is 39.7 Å². The summed E-state index contributed by atoms with van der Waals surface area (Å²) in [6.45, 7) is 14.1. The molecule has 3 aromatic heterocycles. The van der Waals surface area contributed by atoms with Crippen molar-refractivity contribution in [2.24, 2.45) is 0 Å². The van der Waals surface area contributed by atoms with Crippen molar-refractivity contribution in [2.45, 2.75) is 55.2 Å². The van der Waals surface area contributed by atoms with Crippen molar-refractivity contribution in [1.82, 2.24) is 9.55 Å². The number of aryl methyl sites for hydroxylation is 1. The van der Waals surface area contributed by atoms with E-state index in [1.165, 1.54) is 20.2 Å². The number of halogens is 1. The molecule has 0 spiro atoms. The maximum absolute atomic E-state index is 14.7. The van der Waals surface area contributed by atoms with Gasteiger partial charge in [0.2, 0.25) is 10.0 Å². The van der Waals surface area contributed by atoms with Crippen LogP contribution < -0.4 is 9.04 Å². The van der Waals surface area contributed by atoms with Crippen LogP contribution in [0, 0.1) is 12.7 Å². The third kappa shape index (κ3) is 6.82. The number of ether oxygens (including phenoxy) is 2. The summed E-state index contributed by atoms with van der Waals surface area (Å²) in [5.74, 6) is -0.156. The molecule has 0 unspecified atom stereocenters. The fourth-order valence-corrected chi connectivity index (χ4v) is 6.11. The molecule has 0 fully saturated rings. The van der Waals surface area contributed by atoms with Crippen LogP contribution in [-0.2, 0) is 21.5 Å². The Balaban J connectivity index is 0.000000890. The number of hydrogen-bond acceptors (Lipinski definition) is 7. The highest BCUT2D eigenvalue weighted by Gasteiger charge is 2.28. The Morgan fingerprint density at radius 3 is 2.26 bits per heavy atom. The average molecular weight is 702 g/mol. The third-order valence-corrected chi connectivity index (χ3v) is 9.16. The Morgan fingerprint density at radius 1 is 0.940 bits per heavy atom. The number of fused-ring (bicyclic) bond motifs is 6. The van der Waals surface area contributed by atoms with Crippen molar-refractivity contribution in [3.63, 3.8) is 0 Å². The van der Waals surface area contributed by atoms with Gasteiger partial charge in [-0.1, -0.05) is 77.4 Å². The van der Waals surface area contributed by atoms with Gasteiger partial charge in [-0.2, -0.15) is 0 Å². The van der Waals surface area contributed by atoms with E-state index in [1.54, 1.807) is 36.4 Å². The van der Waals surface area contributed by atoms with Gasteiger partial charge in [-0.05, 0) is 43.3 Å². The number of methoxy groups -OCH3 is 1. The Morgan fingerprint density at radius 2 is 1.62 bits per heavy atom. The summed E-state index contributed by atoms with van der Waals surface area (Å²) in [7, 11) is -0.993. The molecule has 0 atom stereocenters. The lowest BCUT2D eigenvalue weighted by Crippen LogP contribution is -2.25. The maximum atomic E-state index is 14.7. The Bertz CT molecular complexity index is 2260. The molecule has 3 aromatic carbocycles. The topological polar surface area (TPSA) is 104 Å². The highest BCUT2D eigenvalue weighted by Crippen LogP contribution is 2.44. The van der Waals surface area contributed by atoms with Crippen molar-refractivity contribution >= 4 is 43.6 Å². The van der Waals surface area contributed by atoms with E-state index in [4.69, 9.17) is 18.9 Å². The standard InChI is InChI=1S/C33H26FN3O6S.3C2H6/c1-18-8-10-19(11-9-18)32-30(33(38)41-3)22-14-21(26(16-29(22)43-32)36(2)44(4,39)40)24-12-13-28-31(35-24)27-15-20-23(34)6-5-7-25(20)37(27)17-42-28;3*1-2/h5-16H,17H2,1-4H3;3*1-2H3. The number of nitrogens with zero attached hydrogens (tertiary/aromatic N) is 3. The maximum Gasteiger partial charge on any atom is 0.342 e. The van der Waals surface area contributed by atoms with E-state index in [-0.39, 0.29) is 23.8 Å². The normalized spacial score (nSPS) is 11.4. The smallest absolute Gasteiger partial charge is 0.342 e. The molecule has 0 radical (unpaired) electrons. The summed E-state index contributed by atoms with van der Waals surface area (Å²) in [5, 5.41) is 0.870. The summed E-state index contributed by atoms with van der Waals surface area (Å²) in [6.07, 6.45) is 1.10. The zero-order valence-electron chi connectivity index (χ0n) is 30.2. The molecule has 1 aliphatic rings. The molecule has 6 aromatic rings. The molecule has 0 saturated carbocycles. The second-order valence-electron chi connectivity index (χ2n) is 10.7. The number of esters is 1. The Labute approximate surface area is 293 Å². The van der Waals surface area contributed by atoms with Crippen molar-refractivity contribution in [2.75, 3.05) is 24.7 Å². The molecule has 0 aliphatic carbocycles. The van der Waals surface area contributed by atoms with Gasteiger partial charge in [-0.3, -0.25) is 4.31 Å². The monoisotopic (exact) mass is 701 g/mol. The number of aromatic nitrogens is 2. The molecule has 0 amide bonds. The number of anilines is 1. The summed E-state index contributed by atoms with van der Waals surface area (Å²) < 4.78 is 60.6. The van der Waals surface area contributed by atoms with Gasteiger partial charge in [0.25, 0.3) is 0 Å². The summed E-state index contributed by atoms with van der Waals surface area (Å²) in [5.41, 5.74) is 5.12. The van der Waals surface area contributed by atoms with E-state index in [0.29, 0.717) is 61.6 Å². The zero-order chi connectivity index (χ0) is 36.9. The van der Waals surface area contributed by atoms with Gasteiger partial charge in [-0.25, -0.2) is 22.6 Å². The molecule has 7 rings (SSSR count). The molecule has 0 saturated heterocycles. The first-order valence-electron chi connectivity index (χ1n) is 16.7. The first-order valence-corrected chi connectivity index (χ1v) is 18.5. The van der Waals surface area contributed by atoms with Crippen LogP contribution in [0.4, 0.5) is 10.1 Å². The number of hydrogen-bond donors (Lipinski definition) is 0. The minimum atomic E-state index is -3.72. The lowest BCUT2D eigenvalue weighted by atomic mass is 10.0. The van der Waals surface area contributed by atoms with E-state index < -0.39 is 16.0 Å². The van der Waals surface area contributed by atoms with Crippen LogP contribution in [0.1, 0.15) is 57.5 Å². The highest BCUT2D eigenvalue weighted by atomic mass is 32.2. The predicted octanol–water partition coefficient (Wildman–Crippen LogP) is 9.84. The highest BCUT2D eigenvalue weighted by molar-refractivity contribution is 7.92. The molecule has 50 heavy (non-hydrogen) atoms. The predicted molar refractivity (Wildman–Crippen MR) is 200 cm³/mol. The van der Waals surface area contributed by atoms with Gasteiger partial charge in [0, 0.05) is 35.0 Å². The number of rotatable bonds is 5. The molecule has 0 N–H and O–H groups in total. The van der Waals surface area contributed by atoms with Crippen molar-refractivity contribution < 1.29 is 31.5 Å². The van der Waals surface area contributed by atoms with Crippen LogP contribution >= 0.6 is 0 Å². The molecule has 1 aliphatic heterocycles. The van der Waals surface area contributed by atoms with Crippen molar-refractivity contribution in [1.29, 1.82) is 0 Å². The molecule has 11 heteroatoms. The van der Waals surface area contributed by atoms with Gasteiger partial charge in [-0.15, -0.1) is 0 Å². The molecular formula is C39H44FN3O6S. The van der Waals surface area contributed by atoms with Crippen LogP contribution in [0.15, 0.2) is 77.2 Å². The second-order valence-corrected chi connectivity index (χ2v) is 12.7. The number of carbonyl (C=O) groups is 1. The number of carbonyl (C=O) groups excluding carboxylic acids is 1. The summed E-state index contributed by atoms with van der Waals surface area (Å²) in [4.78, 5) is 18.1. The van der Waals surface area contributed by atoms with Gasteiger partial charge < -0.3 is 18.5 Å². The molecule has 264 valence electrons. The first kappa shape index (κ1) is 37.7. The van der Waals surface area contributed by atoms with E-state index in [1.807, 2.05) is 83.4 Å². The van der Waals surface area contributed by atoms with Crippen LogP contribution in [0.3, 0.4) is 0 Å². The molecule has 0 bridgehead atoms. The number of benzene rings is 3. The van der Waals surface area contributed by atoms with Gasteiger partial charge >= 0.3 is 5.97 Å². The molecule has 4 heterocycles. The van der Waals surface area contributed by atoms with Crippen LogP contribution in [0.2, 0.25) is 0 Å². The summed E-state index contributed by atoms with van der Waals surface area (Å²) >= 11 is 0. The second kappa shape index (κ2) is 15.6. The largest absolute Gasteiger partial charge is 0.470 e. The average Bonchev–Trinajstić information content (AvgIpc) is 3.72. The Kier molecular flexibility index (Phi) is 11.7. The van der Waals surface area contributed by atoms with E-state index in [9.17, 15) is 17.6 Å². The Hall–Kier alpha value is -5.16. The third-order valence-electron chi connectivity index (χ3n) is 7.96. The lowest BCUT2D eigenvalue weighted by molar-refractivity contribution is 0.0603. The van der Waals surface area contributed by atoms with Crippen LogP contribution in [0.25, 0.3) is 55.8 Å². The van der Waals surface area contributed by atoms with E-state index in [0.717, 1.165) is 16.1 Å². The summed E-state index contributed by atoms with van der Waals surface area (Å²) in [6, 6.07) is 20.8. The molecular weight excluding hydrogens is 658 g/mol.